The van der Waals surface area contributed by atoms with Crippen molar-refractivity contribution in [1.82, 2.24) is 9.62 Å². The maximum absolute atomic E-state index is 12.3. The van der Waals surface area contributed by atoms with Crippen molar-refractivity contribution in [2.24, 2.45) is 0 Å². The van der Waals surface area contributed by atoms with Gasteiger partial charge in [-0.25, -0.2) is 8.42 Å². The van der Waals surface area contributed by atoms with Gasteiger partial charge in [0.1, 0.15) is 0 Å². The molecule has 1 fully saturated rings. The molecule has 0 aliphatic carbocycles. The van der Waals surface area contributed by atoms with Crippen molar-refractivity contribution in [2.75, 3.05) is 19.6 Å². The minimum Gasteiger partial charge on any atom is -0.312 e. The number of nitrogens with one attached hydrogen (secondary N) is 1. The van der Waals surface area contributed by atoms with Gasteiger partial charge in [-0.1, -0.05) is 17.7 Å². The smallest absolute Gasteiger partial charge is 0.243 e. The lowest BCUT2D eigenvalue weighted by Gasteiger charge is -2.31. The number of rotatable bonds is 2. The molecule has 2 rings (SSSR count). The molecule has 0 spiro atoms. The van der Waals surface area contributed by atoms with Gasteiger partial charge in [-0.2, -0.15) is 4.31 Å². The van der Waals surface area contributed by atoms with Crippen LogP contribution in [-0.2, 0) is 10.0 Å². The van der Waals surface area contributed by atoms with Crippen molar-refractivity contribution in [3.63, 3.8) is 0 Å². The van der Waals surface area contributed by atoms with Crippen LogP contribution in [0.3, 0.4) is 0 Å². The molecule has 0 amide bonds. The molecule has 1 N–H and O–H groups in total. The van der Waals surface area contributed by atoms with Crippen LogP contribution in [0.4, 0.5) is 0 Å². The second kappa shape index (κ2) is 6.21. The Morgan fingerprint density at radius 2 is 2.17 bits per heavy atom. The Hall–Kier alpha value is -0.330. The van der Waals surface area contributed by atoms with Crippen LogP contribution in [0.1, 0.15) is 6.92 Å². The van der Waals surface area contributed by atoms with Gasteiger partial charge in [-0.3, -0.25) is 0 Å². The highest BCUT2D eigenvalue weighted by atomic mass is 35.5. The Morgan fingerprint density at radius 1 is 1.44 bits per heavy atom. The Morgan fingerprint density at radius 3 is 2.78 bits per heavy atom. The predicted molar refractivity (Wildman–Crippen MR) is 74.9 cm³/mol. The second-order valence-corrected chi connectivity index (χ2v) is 6.55. The summed E-state index contributed by atoms with van der Waals surface area (Å²) in [5.74, 6) is 0. The van der Waals surface area contributed by atoms with E-state index in [0.717, 1.165) is 0 Å². The molecule has 1 unspecified atom stereocenters. The highest BCUT2D eigenvalue weighted by Crippen LogP contribution is 2.20. The Balaban J connectivity index is 0.00000162. The molecule has 1 aromatic carbocycles. The zero-order chi connectivity index (χ0) is 12.5. The fourth-order valence-corrected chi connectivity index (χ4v) is 3.72. The number of hydrogen-bond acceptors (Lipinski definition) is 3. The van der Waals surface area contributed by atoms with Gasteiger partial charge in [0.2, 0.25) is 10.0 Å². The zero-order valence-corrected chi connectivity index (χ0v) is 12.4. The minimum atomic E-state index is -3.41. The van der Waals surface area contributed by atoms with Crippen LogP contribution in [0.5, 0.6) is 0 Å². The molecule has 0 saturated carbocycles. The molecule has 1 aliphatic rings. The van der Waals surface area contributed by atoms with Gasteiger partial charge in [-0.05, 0) is 25.1 Å². The molecule has 18 heavy (non-hydrogen) atoms. The summed E-state index contributed by atoms with van der Waals surface area (Å²) in [5, 5.41) is 3.65. The quantitative estimate of drug-likeness (QED) is 0.905. The standard InChI is InChI=1S/C11H15ClN2O2S.ClH/c1-9-8-14(6-5-13-9)17(15,16)11-4-2-3-10(12)7-11;/h2-4,7,9,13H,5-6,8H2,1H3;1H. The maximum atomic E-state index is 12.3. The second-order valence-electron chi connectivity index (χ2n) is 4.18. The third-order valence-electron chi connectivity index (χ3n) is 2.77. The van der Waals surface area contributed by atoms with Crippen molar-refractivity contribution in [1.29, 1.82) is 0 Å². The first kappa shape index (κ1) is 15.7. The molecule has 1 aliphatic heterocycles. The lowest BCUT2D eigenvalue weighted by Crippen LogP contribution is -2.51. The summed E-state index contributed by atoms with van der Waals surface area (Å²) in [4.78, 5) is 0.263. The van der Waals surface area contributed by atoms with Crippen molar-refractivity contribution in [3.05, 3.63) is 29.3 Å². The monoisotopic (exact) mass is 310 g/mol. The molecule has 1 atom stereocenters. The van der Waals surface area contributed by atoms with Crippen LogP contribution in [0.25, 0.3) is 0 Å². The minimum absolute atomic E-state index is 0. The average molecular weight is 311 g/mol. The predicted octanol–water partition coefficient (Wildman–Crippen LogP) is 1.74. The molecule has 102 valence electrons. The van der Waals surface area contributed by atoms with Gasteiger partial charge < -0.3 is 5.32 Å². The fraction of sp³-hybridized carbons (Fsp3) is 0.455. The molecule has 1 aromatic rings. The highest BCUT2D eigenvalue weighted by molar-refractivity contribution is 7.89. The van der Waals surface area contributed by atoms with E-state index < -0.39 is 10.0 Å². The summed E-state index contributed by atoms with van der Waals surface area (Å²) in [6.07, 6.45) is 0. The van der Waals surface area contributed by atoms with E-state index in [-0.39, 0.29) is 23.3 Å². The van der Waals surface area contributed by atoms with Crippen LogP contribution < -0.4 is 5.32 Å². The van der Waals surface area contributed by atoms with Gasteiger partial charge in [0, 0.05) is 30.7 Å². The van der Waals surface area contributed by atoms with Crippen LogP contribution in [0, 0.1) is 0 Å². The maximum Gasteiger partial charge on any atom is 0.243 e. The van der Waals surface area contributed by atoms with E-state index in [9.17, 15) is 8.42 Å². The lowest BCUT2D eigenvalue weighted by atomic mass is 10.3. The van der Waals surface area contributed by atoms with E-state index in [1.165, 1.54) is 10.4 Å². The van der Waals surface area contributed by atoms with Gasteiger partial charge in [0.15, 0.2) is 0 Å². The normalized spacial score (nSPS) is 21.3. The molecular weight excluding hydrogens is 295 g/mol. The van der Waals surface area contributed by atoms with Gasteiger partial charge in [0.25, 0.3) is 0 Å². The number of nitrogens with zero attached hydrogens (tertiary/aromatic N) is 1. The van der Waals surface area contributed by atoms with E-state index in [1.54, 1.807) is 18.2 Å². The average Bonchev–Trinajstić information content (AvgIpc) is 2.29. The van der Waals surface area contributed by atoms with Gasteiger partial charge >= 0.3 is 0 Å². The molecule has 7 heteroatoms. The first-order chi connectivity index (χ1) is 8.00. The van der Waals surface area contributed by atoms with Crippen LogP contribution >= 0.6 is 24.0 Å². The van der Waals surface area contributed by atoms with Crippen LogP contribution in [-0.4, -0.2) is 38.4 Å². The summed E-state index contributed by atoms with van der Waals surface area (Å²) < 4.78 is 26.1. The van der Waals surface area contributed by atoms with E-state index in [2.05, 4.69) is 5.32 Å². The Kier molecular flexibility index (Phi) is 5.43. The first-order valence-electron chi connectivity index (χ1n) is 5.49. The SMILES string of the molecule is CC1CN(S(=O)(=O)c2cccc(Cl)c2)CCN1.Cl. The third-order valence-corrected chi connectivity index (χ3v) is 4.86. The van der Waals surface area contributed by atoms with Crippen molar-refractivity contribution >= 4 is 34.0 Å². The van der Waals surface area contributed by atoms with Crippen molar-refractivity contribution in [2.45, 2.75) is 17.9 Å². The zero-order valence-electron chi connectivity index (χ0n) is 9.97. The van der Waals surface area contributed by atoms with E-state index in [0.29, 0.717) is 24.7 Å². The molecule has 0 aromatic heterocycles. The topological polar surface area (TPSA) is 49.4 Å². The molecule has 0 bridgehead atoms. The molecular formula is C11H16Cl2N2O2S. The Labute approximate surface area is 119 Å². The number of benzene rings is 1. The number of sulfonamides is 1. The lowest BCUT2D eigenvalue weighted by molar-refractivity contribution is 0.310. The fourth-order valence-electron chi connectivity index (χ4n) is 1.89. The summed E-state index contributed by atoms with van der Waals surface area (Å²) in [6.45, 7) is 3.65. The number of piperazine rings is 1. The Bertz CT molecular complexity index is 508. The third kappa shape index (κ3) is 3.36. The molecule has 0 radical (unpaired) electrons. The largest absolute Gasteiger partial charge is 0.312 e. The summed E-state index contributed by atoms with van der Waals surface area (Å²) in [6, 6.07) is 6.57. The summed E-state index contributed by atoms with van der Waals surface area (Å²) in [7, 11) is -3.41. The number of hydrogen-bond donors (Lipinski definition) is 1. The number of halogens is 2. The van der Waals surface area contributed by atoms with Crippen LogP contribution in [0.2, 0.25) is 5.02 Å². The molecule has 4 nitrogen and oxygen atoms in total. The summed E-state index contributed by atoms with van der Waals surface area (Å²) in [5.41, 5.74) is 0. The van der Waals surface area contributed by atoms with Crippen molar-refractivity contribution in [3.8, 4) is 0 Å². The first-order valence-corrected chi connectivity index (χ1v) is 7.31. The van der Waals surface area contributed by atoms with E-state index in [4.69, 9.17) is 11.6 Å². The molecule has 1 saturated heterocycles. The van der Waals surface area contributed by atoms with Gasteiger partial charge in [-0.15, -0.1) is 12.4 Å². The van der Waals surface area contributed by atoms with E-state index >= 15 is 0 Å². The van der Waals surface area contributed by atoms with Crippen molar-refractivity contribution < 1.29 is 8.42 Å². The highest BCUT2D eigenvalue weighted by Gasteiger charge is 2.28. The van der Waals surface area contributed by atoms with Gasteiger partial charge in [0.05, 0.1) is 4.90 Å². The van der Waals surface area contributed by atoms with Crippen LogP contribution in [0.15, 0.2) is 29.2 Å². The molecule has 1 heterocycles. The van der Waals surface area contributed by atoms with E-state index in [1.807, 2.05) is 6.92 Å². The summed E-state index contributed by atoms with van der Waals surface area (Å²) >= 11 is 5.82.